The van der Waals surface area contributed by atoms with Crippen LogP contribution >= 0.6 is 23.2 Å². The van der Waals surface area contributed by atoms with Crippen LogP contribution in [0.4, 0.5) is 0 Å². The van der Waals surface area contributed by atoms with E-state index >= 15 is 0 Å². The van der Waals surface area contributed by atoms with Crippen molar-refractivity contribution in [3.8, 4) is 0 Å². The molecule has 110 valence electrons. The van der Waals surface area contributed by atoms with Crippen LogP contribution in [0.15, 0.2) is 18.2 Å². The van der Waals surface area contributed by atoms with Crippen LogP contribution in [0.25, 0.3) is 0 Å². The molecule has 0 aliphatic carbocycles. The van der Waals surface area contributed by atoms with Gasteiger partial charge in [-0.15, -0.1) is 0 Å². The molecule has 2 rings (SSSR count). The molecule has 1 heterocycles. The van der Waals surface area contributed by atoms with Gasteiger partial charge < -0.3 is 15.3 Å². The van der Waals surface area contributed by atoms with Crippen molar-refractivity contribution < 1.29 is 9.90 Å². The third kappa shape index (κ3) is 3.64. The van der Waals surface area contributed by atoms with E-state index in [1.54, 1.807) is 17.0 Å². The zero-order valence-corrected chi connectivity index (χ0v) is 12.8. The molecule has 20 heavy (non-hydrogen) atoms. The Morgan fingerprint density at radius 1 is 1.45 bits per heavy atom. The Balaban J connectivity index is 2.04. The Morgan fingerprint density at radius 3 is 2.75 bits per heavy atom. The molecule has 1 amide bonds. The third-order valence-electron chi connectivity index (χ3n) is 3.46. The summed E-state index contributed by atoms with van der Waals surface area (Å²) in [5, 5.41) is 13.5. The van der Waals surface area contributed by atoms with Crippen molar-refractivity contribution in [2.24, 2.45) is 0 Å². The number of amides is 1. The summed E-state index contributed by atoms with van der Waals surface area (Å²) >= 11 is 11.9. The van der Waals surface area contributed by atoms with Gasteiger partial charge in [0.2, 0.25) is 5.91 Å². The van der Waals surface area contributed by atoms with E-state index in [4.69, 9.17) is 23.2 Å². The molecule has 1 fully saturated rings. The molecule has 1 aliphatic heterocycles. The normalized spacial score (nSPS) is 22.0. The van der Waals surface area contributed by atoms with Crippen molar-refractivity contribution in [2.45, 2.75) is 32.0 Å². The largest absolute Gasteiger partial charge is 0.392 e. The highest BCUT2D eigenvalue weighted by Gasteiger charge is 2.30. The first-order valence-electron chi connectivity index (χ1n) is 6.65. The zero-order chi connectivity index (χ0) is 14.7. The number of benzene rings is 1. The molecule has 1 aromatic rings. The van der Waals surface area contributed by atoms with Gasteiger partial charge in [-0.25, -0.2) is 0 Å². The van der Waals surface area contributed by atoms with Gasteiger partial charge in [0.1, 0.15) is 0 Å². The van der Waals surface area contributed by atoms with Gasteiger partial charge in [-0.05, 0) is 31.0 Å². The maximum absolute atomic E-state index is 12.4. The summed E-state index contributed by atoms with van der Waals surface area (Å²) in [6.45, 7) is 3.50. The minimum Gasteiger partial charge on any atom is -0.392 e. The Morgan fingerprint density at radius 2 is 2.20 bits per heavy atom. The van der Waals surface area contributed by atoms with E-state index in [0.29, 0.717) is 36.1 Å². The van der Waals surface area contributed by atoms with Crippen molar-refractivity contribution in [3.05, 3.63) is 33.8 Å². The summed E-state index contributed by atoms with van der Waals surface area (Å²) in [6.07, 6.45) is 0.0316. The van der Waals surface area contributed by atoms with Crippen LogP contribution in [-0.4, -0.2) is 41.1 Å². The predicted octanol–water partition coefficient (Wildman–Crippen LogP) is 2.06. The highest BCUT2D eigenvalue weighted by molar-refractivity contribution is 6.42. The fraction of sp³-hybridized carbons (Fsp3) is 0.500. The van der Waals surface area contributed by atoms with E-state index in [2.05, 4.69) is 5.32 Å². The fourth-order valence-electron chi connectivity index (χ4n) is 2.33. The summed E-state index contributed by atoms with van der Waals surface area (Å²) in [6, 6.07) is 5.07. The van der Waals surface area contributed by atoms with Crippen molar-refractivity contribution in [3.63, 3.8) is 0 Å². The molecule has 0 spiro atoms. The smallest absolute Gasteiger partial charge is 0.240 e. The van der Waals surface area contributed by atoms with Gasteiger partial charge in [-0.2, -0.15) is 0 Å². The van der Waals surface area contributed by atoms with Crippen LogP contribution in [0.2, 0.25) is 10.0 Å². The van der Waals surface area contributed by atoms with Crippen LogP contribution in [0.1, 0.15) is 18.9 Å². The zero-order valence-electron chi connectivity index (χ0n) is 11.3. The first-order valence-corrected chi connectivity index (χ1v) is 7.41. The number of hydrogen-bond donors (Lipinski definition) is 2. The van der Waals surface area contributed by atoms with E-state index in [0.717, 1.165) is 5.56 Å². The lowest BCUT2D eigenvalue weighted by molar-refractivity contribution is -0.133. The van der Waals surface area contributed by atoms with Crippen molar-refractivity contribution in [1.29, 1.82) is 0 Å². The second kappa shape index (κ2) is 6.76. The van der Waals surface area contributed by atoms with Gasteiger partial charge in [0.15, 0.2) is 0 Å². The summed E-state index contributed by atoms with van der Waals surface area (Å²) in [4.78, 5) is 14.1. The molecule has 1 saturated heterocycles. The van der Waals surface area contributed by atoms with E-state index in [1.807, 2.05) is 13.0 Å². The van der Waals surface area contributed by atoms with Gasteiger partial charge in [0, 0.05) is 19.6 Å². The molecular weight excluding hydrogens is 299 g/mol. The number of hydrogen-bond acceptors (Lipinski definition) is 3. The van der Waals surface area contributed by atoms with E-state index in [1.165, 1.54) is 0 Å². The number of aliphatic hydroxyl groups excluding tert-OH is 1. The monoisotopic (exact) mass is 316 g/mol. The third-order valence-corrected chi connectivity index (χ3v) is 4.20. The number of nitrogens with zero attached hydrogens (tertiary/aromatic N) is 1. The van der Waals surface area contributed by atoms with Crippen molar-refractivity contribution in [2.75, 3.05) is 13.1 Å². The lowest BCUT2D eigenvalue weighted by Gasteiger charge is -2.24. The quantitative estimate of drug-likeness (QED) is 0.894. The average Bonchev–Trinajstić information content (AvgIpc) is 2.86. The van der Waals surface area contributed by atoms with Crippen molar-refractivity contribution in [1.82, 2.24) is 10.2 Å². The number of likely N-dealkylation sites (N-methyl/N-ethyl adjacent to an activating group) is 1. The van der Waals surface area contributed by atoms with E-state index < -0.39 is 6.10 Å². The fourth-order valence-corrected chi connectivity index (χ4v) is 2.65. The Bertz CT molecular complexity index is 496. The van der Waals surface area contributed by atoms with Crippen LogP contribution in [0.3, 0.4) is 0 Å². The summed E-state index contributed by atoms with van der Waals surface area (Å²) < 4.78 is 0. The SMILES string of the molecule is CCN(Cc1ccc(Cl)c(Cl)c1)C(=O)C1CC(O)CN1. The highest BCUT2D eigenvalue weighted by atomic mass is 35.5. The molecule has 0 saturated carbocycles. The summed E-state index contributed by atoms with van der Waals surface area (Å²) in [5.74, 6) is 0.00937. The number of carbonyl (C=O) groups is 1. The summed E-state index contributed by atoms with van der Waals surface area (Å²) in [7, 11) is 0. The van der Waals surface area contributed by atoms with Gasteiger partial charge >= 0.3 is 0 Å². The van der Waals surface area contributed by atoms with Crippen molar-refractivity contribution >= 4 is 29.1 Å². The Hall–Kier alpha value is -0.810. The van der Waals surface area contributed by atoms with Crippen LogP contribution in [0.5, 0.6) is 0 Å². The molecule has 6 heteroatoms. The maximum Gasteiger partial charge on any atom is 0.240 e. The minimum atomic E-state index is -0.437. The number of halogens is 2. The first-order chi connectivity index (χ1) is 9.51. The Kier molecular flexibility index (Phi) is 5.27. The number of nitrogens with one attached hydrogen (secondary N) is 1. The lowest BCUT2D eigenvalue weighted by atomic mass is 10.1. The lowest BCUT2D eigenvalue weighted by Crippen LogP contribution is -2.43. The van der Waals surface area contributed by atoms with Crippen LogP contribution in [0, 0.1) is 0 Å². The van der Waals surface area contributed by atoms with E-state index in [-0.39, 0.29) is 11.9 Å². The average molecular weight is 317 g/mol. The number of β-amino-alcohol motifs (C(OH)–C–C–N with tert-alkyl or cyclic N) is 1. The molecule has 2 unspecified atom stereocenters. The predicted molar refractivity (Wildman–Crippen MR) is 80.0 cm³/mol. The van der Waals surface area contributed by atoms with Crippen LogP contribution < -0.4 is 5.32 Å². The van der Waals surface area contributed by atoms with Crippen LogP contribution in [-0.2, 0) is 11.3 Å². The topological polar surface area (TPSA) is 52.6 Å². The molecular formula is C14H18Cl2N2O2. The second-order valence-electron chi connectivity index (χ2n) is 4.95. The molecule has 0 aromatic heterocycles. The number of carbonyl (C=O) groups excluding carboxylic acids is 1. The number of aliphatic hydroxyl groups is 1. The Labute approximate surface area is 128 Å². The molecule has 0 radical (unpaired) electrons. The molecule has 0 bridgehead atoms. The van der Waals surface area contributed by atoms with Gasteiger partial charge in [0.25, 0.3) is 0 Å². The van der Waals surface area contributed by atoms with Gasteiger partial charge in [-0.1, -0.05) is 29.3 Å². The molecule has 1 aromatic carbocycles. The molecule has 2 N–H and O–H groups in total. The molecule has 1 aliphatic rings. The van der Waals surface area contributed by atoms with Gasteiger partial charge in [-0.3, -0.25) is 4.79 Å². The number of rotatable bonds is 4. The van der Waals surface area contributed by atoms with Gasteiger partial charge in [0.05, 0.1) is 22.2 Å². The molecule has 4 nitrogen and oxygen atoms in total. The maximum atomic E-state index is 12.4. The highest BCUT2D eigenvalue weighted by Crippen LogP contribution is 2.23. The minimum absolute atomic E-state index is 0.00937. The van der Waals surface area contributed by atoms with E-state index in [9.17, 15) is 9.90 Å². The second-order valence-corrected chi connectivity index (χ2v) is 5.77. The standard InChI is InChI=1S/C14H18Cl2N2O2/c1-2-18(14(20)13-6-10(19)7-17-13)8-9-3-4-11(15)12(16)5-9/h3-5,10,13,17,19H,2,6-8H2,1H3. The summed E-state index contributed by atoms with van der Waals surface area (Å²) in [5.41, 5.74) is 0.938. The molecule has 2 atom stereocenters. The first kappa shape index (κ1) is 15.6.